The summed E-state index contributed by atoms with van der Waals surface area (Å²) in [6, 6.07) is 8.53. The van der Waals surface area contributed by atoms with Crippen LogP contribution in [0.5, 0.6) is 0 Å². The average Bonchev–Trinajstić information content (AvgIpc) is 3.29. The van der Waals surface area contributed by atoms with Gasteiger partial charge in [-0.3, -0.25) is 24.0 Å². The van der Waals surface area contributed by atoms with Crippen LogP contribution in [0.4, 0.5) is 15.9 Å². The Bertz CT molecular complexity index is 1300. The number of amides is 3. The Morgan fingerprint density at radius 1 is 1.22 bits per heavy atom. The molecule has 3 atom stereocenters. The highest BCUT2D eigenvalue weighted by molar-refractivity contribution is 6.12. The number of pyridine rings is 1. The van der Waals surface area contributed by atoms with Crippen LogP contribution < -0.4 is 10.6 Å². The van der Waals surface area contributed by atoms with Gasteiger partial charge in [-0.1, -0.05) is 19.1 Å². The summed E-state index contributed by atoms with van der Waals surface area (Å²) >= 11 is 0. The quantitative estimate of drug-likeness (QED) is 0.470. The van der Waals surface area contributed by atoms with Gasteiger partial charge in [-0.2, -0.15) is 5.10 Å². The van der Waals surface area contributed by atoms with Crippen LogP contribution in [0.3, 0.4) is 0 Å². The van der Waals surface area contributed by atoms with Crippen LogP contribution in [-0.4, -0.2) is 50.5 Å². The van der Waals surface area contributed by atoms with E-state index in [0.717, 1.165) is 16.0 Å². The molecule has 37 heavy (non-hydrogen) atoms. The number of halogens is 1. The van der Waals surface area contributed by atoms with E-state index in [1.807, 2.05) is 13.0 Å². The number of aromatic nitrogens is 3. The Labute approximate surface area is 215 Å². The Balaban J connectivity index is 1.60. The van der Waals surface area contributed by atoms with Gasteiger partial charge in [0.2, 0.25) is 11.8 Å². The first-order chi connectivity index (χ1) is 17.6. The lowest BCUT2D eigenvalue weighted by Crippen LogP contribution is -2.69. The zero-order valence-electron chi connectivity index (χ0n) is 21.4. The number of nitrogens with two attached hydrogens (primary N) is 1. The maximum atomic E-state index is 13.7. The molecule has 1 aliphatic rings. The van der Waals surface area contributed by atoms with E-state index in [1.54, 1.807) is 56.3 Å². The fourth-order valence-electron chi connectivity index (χ4n) is 4.90. The highest BCUT2D eigenvalue weighted by atomic mass is 19.1. The highest BCUT2D eigenvalue weighted by Gasteiger charge is 2.55. The van der Waals surface area contributed by atoms with E-state index in [2.05, 4.69) is 10.1 Å². The number of hydrogen-bond acceptors (Lipinski definition) is 6. The van der Waals surface area contributed by atoms with Crippen molar-refractivity contribution in [3.8, 4) is 0 Å². The molecule has 3 amide bonds. The Morgan fingerprint density at radius 3 is 2.51 bits per heavy atom. The second kappa shape index (κ2) is 10.5. The number of nitrogen functional groups attached to an aromatic ring is 1. The van der Waals surface area contributed by atoms with Crippen molar-refractivity contribution in [2.45, 2.75) is 45.1 Å². The molecule has 0 spiro atoms. The zero-order chi connectivity index (χ0) is 26.9. The van der Waals surface area contributed by atoms with Crippen molar-refractivity contribution in [3.63, 3.8) is 0 Å². The van der Waals surface area contributed by atoms with Gasteiger partial charge >= 0.3 is 0 Å². The van der Waals surface area contributed by atoms with Gasteiger partial charge in [0, 0.05) is 32.4 Å². The van der Waals surface area contributed by atoms with Crippen LogP contribution in [0, 0.1) is 18.7 Å². The number of nitrogens with zero attached hydrogens (tertiary/aromatic N) is 5. The predicted octanol–water partition coefficient (Wildman–Crippen LogP) is 2.99. The van der Waals surface area contributed by atoms with E-state index < -0.39 is 23.8 Å². The summed E-state index contributed by atoms with van der Waals surface area (Å²) < 4.78 is 15.0. The molecule has 9 nitrogen and oxygen atoms in total. The van der Waals surface area contributed by atoms with Crippen LogP contribution in [-0.2, 0) is 27.9 Å². The minimum atomic E-state index is -0.967. The molecule has 1 fully saturated rings. The summed E-state index contributed by atoms with van der Waals surface area (Å²) in [5.74, 6) is -2.17. The molecule has 194 valence electrons. The fourth-order valence-corrected chi connectivity index (χ4v) is 4.90. The van der Waals surface area contributed by atoms with E-state index >= 15 is 0 Å². The van der Waals surface area contributed by atoms with Crippen molar-refractivity contribution >= 4 is 29.2 Å². The zero-order valence-corrected chi connectivity index (χ0v) is 21.4. The van der Waals surface area contributed by atoms with Crippen molar-refractivity contribution in [1.82, 2.24) is 19.7 Å². The average molecular weight is 507 g/mol. The fraction of sp³-hybridized carbons (Fsp3) is 0.370. The molecule has 1 saturated heterocycles. The molecular weight excluding hydrogens is 475 g/mol. The third-order valence-corrected chi connectivity index (χ3v) is 6.89. The number of anilines is 2. The maximum Gasteiger partial charge on any atom is 0.250 e. The Hall–Kier alpha value is -4.08. The third kappa shape index (κ3) is 5.37. The van der Waals surface area contributed by atoms with Crippen molar-refractivity contribution in [1.29, 1.82) is 0 Å². The number of likely N-dealkylation sites (tertiary alicyclic amines) is 1. The Morgan fingerprint density at radius 2 is 1.92 bits per heavy atom. The summed E-state index contributed by atoms with van der Waals surface area (Å²) in [6.45, 7) is 3.73. The normalized spacial score (nSPS) is 17.9. The summed E-state index contributed by atoms with van der Waals surface area (Å²) in [5.41, 5.74) is 8.73. The van der Waals surface area contributed by atoms with E-state index in [-0.39, 0.29) is 30.5 Å². The van der Waals surface area contributed by atoms with Crippen LogP contribution in [0.1, 0.15) is 42.5 Å². The van der Waals surface area contributed by atoms with E-state index in [0.29, 0.717) is 23.6 Å². The largest absolute Gasteiger partial charge is 0.384 e. The van der Waals surface area contributed by atoms with Gasteiger partial charge < -0.3 is 10.6 Å². The number of aryl methyl sites for hydroxylation is 2. The minimum absolute atomic E-state index is 0.0301. The molecule has 10 heteroatoms. The molecule has 1 aromatic carbocycles. The summed E-state index contributed by atoms with van der Waals surface area (Å²) in [4.78, 5) is 47.1. The molecule has 4 rings (SSSR count). The van der Waals surface area contributed by atoms with Crippen LogP contribution >= 0.6 is 0 Å². The number of rotatable bonds is 8. The first-order valence-electron chi connectivity index (χ1n) is 12.2. The third-order valence-electron chi connectivity index (χ3n) is 6.89. The number of carbonyl (C=O) groups is 3. The lowest BCUT2D eigenvalue weighted by Gasteiger charge is -2.46. The number of carbonyl (C=O) groups excluding carboxylic acids is 3. The smallest absolute Gasteiger partial charge is 0.250 e. The van der Waals surface area contributed by atoms with Gasteiger partial charge in [-0.05, 0) is 61.1 Å². The van der Waals surface area contributed by atoms with Crippen molar-refractivity contribution < 1.29 is 18.8 Å². The molecule has 0 saturated carbocycles. The second-order valence-corrected chi connectivity index (χ2v) is 9.53. The summed E-state index contributed by atoms with van der Waals surface area (Å²) in [6.07, 6.45) is 4.14. The molecule has 2 N–H and O–H groups in total. The van der Waals surface area contributed by atoms with Gasteiger partial charge in [0.05, 0.1) is 17.8 Å². The second-order valence-electron chi connectivity index (χ2n) is 9.53. The lowest BCUT2D eigenvalue weighted by molar-refractivity contribution is -0.170. The molecule has 3 heterocycles. The highest BCUT2D eigenvalue weighted by Crippen LogP contribution is 2.35. The SMILES string of the molecule is CC[C@@H](CC(=O)N1C(=O)[C@H](Cc2cc(C)nc(N)c2)[C@H]1C(=O)N(C)c1cnn(C)c1)c1ccc(F)cc1. The van der Waals surface area contributed by atoms with Gasteiger partial charge in [0.25, 0.3) is 5.91 Å². The van der Waals surface area contributed by atoms with E-state index in [4.69, 9.17) is 5.73 Å². The van der Waals surface area contributed by atoms with Crippen LogP contribution in [0.15, 0.2) is 48.8 Å². The summed E-state index contributed by atoms with van der Waals surface area (Å²) in [7, 11) is 3.34. The topological polar surface area (TPSA) is 114 Å². The summed E-state index contributed by atoms with van der Waals surface area (Å²) in [5, 5.41) is 4.12. The molecular formula is C27H31FN6O3. The van der Waals surface area contributed by atoms with E-state index in [9.17, 15) is 18.8 Å². The predicted molar refractivity (Wildman–Crippen MR) is 137 cm³/mol. The van der Waals surface area contributed by atoms with Gasteiger partial charge in [0.1, 0.15) is 17.7 Å². The van der Waals surface area contributed by atoms with E-state index in [1.165, 1.54) is 17.0 Å². The molecule has 0 bridgehead atoms. The molecule has 1 aliphatic heterocycles. The van der Waals surface area contributed by atoms with Crippen LogP contribution in [0.2, 0.25) is 0 Å². The first kappa shape index (κ1) is 26.0. The van der Waals surface area contributed by atoms with Crippen molar-refractivity contribution in [2.75, 3.05) is 17.7 Å². The van der Waals surface area contributed by atoms with Gasteiger partial charge in [-0.15, -0.1) is 0 Å². The van der Waals surface area contributed by atoms with Crippen molar-refractivity contribution in [3.05, 3.63) is 71.4 Å². The molecule has 2 aromatic heterocycles. The molecule has 3 aromatic rings. The Kier molecular flexibility index (Phi) is 7.37. The number of likely N-dealkylation sites (N-methyl/N-ethyl adjacent to an activating group) is 1. The van der Waals surface area contributed by atoms with Crippen LogP contribution in [0.25, 0.3) is 0 Å². The number of β-lactam (4-membered cyclic amide) rings is 1. The minimum Gasteiger partial charge on any atom is -0.384 e. The number of imide groups is 1. The standard InChI is InChI=1S/C27H31FN6O3/c1-5-18(19-6-8-20(28)9-7-19)13-24(35)34-25(27(37)33(4)21-14-30-32(3)15-21)22(26(34)36)11-17-10-16(2)31-23(29)12-17/h6-10,12,14-15,18,22,25H,5,11,13H2,1-4H3,(H2,29,31)/t18-,22+,25-/m0/s1. The molecule has 0 unspecified atom stereocenters. The molecule has 0 radical (unpaired) electrons. The van der Waals surface area contributed by atoms with Gasteiger partial charge in [0.15, 0.2) is 0 Å². The number of hydrogen-bond donors (Lipinski definition) is 1. The van der Waals surface area contributed by atoms with Crippen molar-refractivity contribution in [2.24, 2.45) is 13.0 Å². The first-order valence-corrected chi connectivity index (χ1v) is 12.2. The molecule has 0 aliphatic carbocycles. The number of benzene rings is 1. The van der Waals surface area contributed by atoms with Gasteiger partial charge in [-0.25, -0.2) is 9.37 Å². The maximum absolute atomic E-state index is 13.7. The monoisotopic (exact) mass is 506 g/mol. The lowest BCUT2D eigenvalue weighted by atomic mass is 9.80.